The molecule has 2 aromatic carbocycles. The predicted octanol–water partition coefficient (Wildman–Crippen LogP) is 4.12. The monoisotopic (exact) mass is 379 g/mol. The van der Waals surface area contributed by atoms with E-state index in [4.69, 9.17) is 33.3 Å². The Labute approximate surface area is 156 Å². The van der Waals surface area contributed by atoms with Gasteiger partial charge >= 0.3 is 0 Å². The van der Waals surface area contributed by atoms with E-state index in [1.165, 1.54) is 14.0 Å². The Balaban J connectivity index is 2.08. The third-order valence-corrected chi connectivity index (χ3v) is 3.68. The molecule has 0 aliphatic heterocycles. The molecule has 0 aliphatic carbocycles. The number of ether oxygens (including phenoxy) is 2. The van der Waals surface area contributed by atoms with E-state index in [0.717, 1.165) is 5.69 Å². The summed E-state index contributed by atoms with van der Waals surface area (Å²) in [4.78, 5) is 11.0. The summed E-state index contributed by atoms with van der Waals surface area (Å²) in [6, 6.07) is 10.5. The second-order valence-electron chi connectivity index (χ2n) is 5.02. The van der Waals surface area contributed by atoms with Gasteiger partial charge in [-0.05, 0) is 36.5 Å². The van der Waals surface area contributed by atoms with Crippen LogP contribution in [0.25, 0.3) is 0 Å². The first kappa shape index (κ1) is 18.8. The van der Waals surface area contributed by atoms with E-state index in [1.54, 1.807) is 43.5 Å². The van der Waals surface area contributed by atoms with Crippen LogP contribution in [0, 0.1) is 0 Å². The van der Waals surface area contributed by atoms with Gasteiger partial charge in [0.15, 0.2) is 5.11 Å². The molecule has 0 atom stereocenters. The number of halogens is 1. The summed E-state index contributed by atoms with van der Waals surface area (Å²) in [5, 5.41) is 9.61. The second-order valence-corrected chi connectivity index (χ2v) is 5.84. The number of thiocarbonyl (C=S) groups is 1. The highest BCUT2D eigenvalue weighted by Crippen LogP contribution is 2.35. The van der Waals surface area contributed by atoms with Crippen LogP contribution in [-0.4, -0.2) is 25.2 Å². The van der Waals surface area contributed by atoms with Gasteiger partial charge in [0.25, 0.3) is 0 Å². The topological polar surface area (TPSA) is 71.6 Å². The first-order chi connectivity index (χ1) is 11.9. The molecule has 0 heterocycles. The van der Waals surface area contributed by atoms with Crippen LogP contribution in [0.2, 0.25) is 5.02 Å². The third-order valence-electron chi connectivity index (χ3n) is 3.19. The van der Waals surface area contributed by atoms with Gasteiger partial charge in [-0.2, -0.15) is 0 Å². The largest absolute Gasteiger partial charge is 0.495 e. The first-order valence-corrected chi connectivity index (χ1v) is 8.08. The SMILES string of the molecule is COc1cc(NC(=S)Nc2ccc(NC(C)=O)cc2)c(OC)cc1Cl. The molecule has 0 radical (unpaired) electrons. The van der Waals surface area contributed by atoms with Crippen LogP contribution in [0.4, 0.5) is 17.1 Å². The molecule has 0 fully saturated rings. The van der Waals surface area contributed by atoms with Gasteiger partial charge in [0.1, 0.15) is 11.5 Å². The number of carbonyl (C=O) groups excluding carboxylic acids is 1. The van der Waals surface area contributed by atoms with Crippen LogP contribution in [0.15, 0.2) is 36.4 Å². The first-order valence-electron chi connectivity index (χ1n) is 7.30. The molecule has 8 heteroatoms. The van der Waals surface area contributed by atoms with Crippen LogP contribution in [0.5, 0.6) is 11.5 Å². The molecule has 25 heavy (non-hydrogen) atoms. The lowest BCUT2D eigenvalue weighted by Gasteiger charge is -2.15. The summed E-state index contributed by atoms with van der Waals surface area (Å²) in [7, 11) is 3.07. The molecular weight excluding hydrogens is 362 g/mol. The maximum atomic E-state index is 11.0. The lowest BCUT2D eigenvalue weighted by molar-refractivity contribution is -0.114. The highest BCUT2D eigenvalue weighted by atomic mass is 35.5. The van der Waals surface area contributed by atoms with Gasteiger partial charge < -0.3 is 25.4 Å². The standard InChI is InChI=1S/C17H18ClN3O3S/c1-10(22)19-11-4-6-12(7-5-11)20-17(25)21-14-9-15(23-2)13(18)8-16(14)24-3/h4-9H,1-3H3,(H,19,22)(H2,20,21,25). The van der Waals surface area contributed by atoms with E-state index in [9.17, 15) is 4.79 Å². The van der Waals surface area contributed by atoms with E-state index in [1.807, 2.05) is 0 Å². The van der Waals surface area contributed by atoms with Crippen molar-refractivity contribution in [3.8, 4) is 11.5 Å². The Bertz CT molecular complexity index is 781. The zero-order chi connectivity index (χ0) is 18.4. The molecule has 0 saturated carbocycles. The number of anilines is 3. The van der Waals surface area contributed by atoms with Gasteiger partial charge in [0.05, 0.1) is 24.9 Å². The number of nitrogens with one attached hydrogen (secondary N) is 3. The number of carbonyl (C=O) groups is 1. The van der Waals surface area contributed by atoms with Gasteiger partial charge in [-0.25, -0.2) is 0 Å². The fourth-order valence-corrected chi connectivity index (χ4v) is 2.54. The van der Waals surface area contributed by atoms with Crippen LogP contribution < -0.4 is 25.4 Å². The van der Waals surface area contributed by atoms with Crippen molar-refractivity contribution >= 4 is 51.9 Å². The van der Waals surface area contributed by atoms with E-state index < -0.39 is 0 Å². The molecule has 0 aromatic heterocycles. The minimum atomic E-state index is -0.123. The summed E-state index contributed by atoms with van der Waals surface area (Å²) in [6.07, 6.45) is 0. The fraction of sp³-hybridized carbons (Fsp3) is 0.176. The Kier molecular flexibility index (Phi) is 6.44. The predicted molar refractivity (Wildman–Crippen MR) is 105 cm³/mol. The smallest absolute Gasteiger partial charge is 0.221 e. The van der Waals surface area contributed by atoms with Crippen molar-refractivity contribution in [2.45, 2.75) is 6.92 Å². The van der Waals surface area contributed by atoms with Crippen molar-refractivity contribution in [3.05, 3.63) is 41.4 Å². The molecule has 0 bridgehead atoms. The molecule has 0 spiro atoms. The van der Waals surface area contributed by atoms with Crippen molar-refractivity contribution < 1.29 is 14.3 Å². The maximum absolute atomic E-state index is 11.0. The Morgan fingerprint density at radius 2 is 1.52 bits per heavy atom. The number of methoxy groups -OCH3 is 2. The fourth-order valence-electron chi connectivity index (χ4n) is 2.08. The highest BCUT2D eigenvalue weighted by molar-refractivity contribution is 7.80. The Morgan fingerprint density at radius 3 is 2.04 bits per heavy atom. The number of hydrogen-bond donors (Lipinski definition) is 3. The summed E-state index contributed by atoms with van der Waals surface area (Å²) >= 11 is 11.4. The molecular formula is C17H18ClN3O3S. The Hall–Kier alpha value is -2.51. The molecule has 1 amide bonds. The number of amides is 1. The minimum Gasteiger partial charge on any atom is -0.495 e. The zero-order valence-corrected chi connectivity index (χ0v) is 15.5. The van der Waals surface area contributed by atoms with Gasteiger partial charge in [-0.15, -0.1) is 0 Å². The van der Waals surface area contributed by atoms with Gasteiger partial charge in [0.2, 0.25) is 5.91 Å². The molecule has 6 nitrogen and oxygen atoms in total. The Morgan fingerprint density at radius 1 is 0.960 bits per heavy atom. The molecule has 0 unspecified atom stereocenters. The van der Waals surface area contributed by atoms with E-state index in [-0.39, 0.29) is 5.91 Å². The van der Waals surface area contributed by atoms with Crippen molar-refractivity contribution in [1.82, 2.24) is 0 Å². The quantitative estimate of drug-likeness (QED) is 0.678. The lowest BCUT2D eigenvalue weighted by atomic mass is 10.2. The molecule has 2 rings (SSSR count). The summed E-state index contributed by atoms with van der Waals surface area (Å²) in [5.74, 6) is 0.921. The molecule has 0 saturated heterocycles. The van der Waals surface area contributed by atoms with Crippen LogP contribution >= 0.6 is 23.8 Å². The van der Waals surface area contributed by atoms with Crippen molar-refractivity contribution in [1.29, 1.82) is 0 Å². The number of benzene rings is 2. The average Bonchev–Trinajstić information content (AvgIpc) is 2.57. The molecule has 2 aromatic rings. The molecule has 132 valence electrons. The van der Waals surface area contributed by atoms with Gasteiger partial charge in [0, 0.05) is 30.4 Å². The molecule has 3 N–H and O–H groups in total. The lowest BCUT2D eigenvalue weighted by Crippen LogP contribution is -2.19. The van der Waals surface area contributed by atoms with Gasteiger partial charge in [-0.3, -0.25) is 4.79 Å². The van der Waals surface area contributed by atoms with Crippen LogP contribution in [0.1, 0.15) is 6.92 Å². The normalized spacial score (nSPS) is 9.92. The summed E-state index contributed by atoms with van der Waals surface area (Å²) in [5.41, 5.74) is 2.10. The van der Waals surface area contributed by atoms with E-state index in [0.29, 0.717) is 33.0 Å². The molecule has 0 aliphatic rings. The van der Waals surface area contributed by atoms with E-state index in [2.05, 4.69) is 16.0 Å². The maximum Gasteiger partial charge on any atom is 0.221 e. The minimum absolute atomic E-state index is 0.123. The summed E-state index contributed by atoms with van der Waals surface area (Å²) in [6.45, 7) is 1.46. The van der Waals surface area contributed by atoms with Crippen LogP contribution in [-0.2, 0) is 4.79 Å². The average molecular weight is 380 g/mol. The van der Waals surface area contributed by atoms with Crippen molar-refractivity contribution in [2.75, 3.05) is 30.2 Å². The number of rotatable bonds is 5. The van der Waals surface area contributed by atoms with Crippen molar-refractivity contribution in [2.24, 2.45) is 0 Å². The van der Waals surface area contributed by atoms with Crippen LogP contribution in [0.3, 0.4) is 0 Å². The van der Waals surface area contributed by atoms with Crippen molar-refractivity contribution in [3.63, 3.8) is 0 Å². The third kappa shape index (κ3) is 5.23. The number of hydrogen-bond acceptors (Lipinski definition) is 4. The highest BCUT2D eigenvalue weighted by Gasteiger charge is 2.11. The summed E-state index contributed by atoms with van der Waals surface area (Å²) < 4.78 is 10.5. The second kappa shape index (κ2) is 8.55. The van der Waals surface area contributed by atoms with Gasteiger partial charge in [-0.1, -0.05) is 11.6 Å². The zero-order valence-electron chi connectivity index (χ0n) is 14.0. The van der Waals surface area contributed by atoms with E-state index >= 15 is 0 Å².